The predicted molar refractivity (Wildman–Crippen MR) is 99.6 cm³/mol. The molecule has 1 N–H and O–H groups in total. The van der Waals surface area contributed by atoms with E-state index in [1.807, 2.05) is 29.7 Å². The fourth-order valence-corrected chi connectivity index (χ4v) is 3.11. The van der Waals surface area contributed by atoms with E-state index in [1.54, 1.807) is 6.20 Å². The maximum atomic E-state index is 14.3. The van der Waals surface area contributed by atoms with Crippen molar-refractivity contribution in [1.29, 1.82) is 0 Å². The SMILES string of the molecule is Cc1ccc2nc(-c3nc(-c4cc(F)c(CCC(=O)O)cc4Cl)no3)cn2c1. The molecule has 4 aromatic rings. The molecule has 9 heteroatoms. The lowest BCUT2D eigenvalue weighted by atomic mass is 10.1. The minimum absolute atomic E-state index is 0.0410. The van der Waals surface area contributed by atoms with Crippen LogP contribution in [0.1, 0.15) is 17.5 Å². The lowest BCUT2D eigenvalue weighted by Gasteiger charge is -2.05. The van der Waals surface area contributed by atoms with E-state index in [1.165, 1.54) is 12.1 Å². The number of imidazole rings is 1. The Kier molecular flexibility index (Phi) is 4.56. The Morgan fingerprint density at radius 3 is 2.89 bits per heavy atom. The number of halogens is 2. The number of nitrogens with zero attached hydrogens (tertiary/aromatic N) is 4. The standard InChI is InChI=1S/C19H14ClFN4O3/c1-10-2-4-16-22-15(9-25(16)8-10)19-23-18(24-28-19)12-7-14(21)11(6-13(12)20)3-5-17(26)27/h2,4,6-9H,3,5H2,1H3,(H,26,27). The third-order valence-corrected chi connectivity index (χ3v) is 4.54. The zero-order valence-corrected chi connectivity index (χ0v) is 15.4. The molecule has 7 nitrogen and oxygen atoms in total. The summed E-state index contributed by atoms with van der Waals surface area (Å²) in [6, 6.07) is 6.39. The third kappa shape index (κ3) is 3.46. The van der Waals surface area contributed by atoms with E-state index in [-0.39, 0.29) is 40.7 Å². The highest BCUT2D eigenvalue weighted by molar-refractivity contribution is 6.33. The Hall–Kier alpha value is -3.26. The number of hydrogen-bond acceptors (Lipinski definition) is 5. The van der Waals surface area contributed by atoms with Crippen LogP contribution in [-0.4, -0.2) is 30.6 Å². The molecule has 0 saturated carbocycles. The molecule has 0 aliphatic carbocycles. The van der Waals surface area contributed by atoms with Crippen molar-refractivity contribution in [2.75, 3.05) is 0 Å². The average Bonchev–Trinajstić information content (AvgIpc) is 3.28. The zero-order valence-electron chi connectivity index (χ0n) is 14.7. The molecule has 0 amide bonds. The second kappa shape index (κ2) is 7.05. The first-order valence-electron chi connectivity index (χ1n) is 8.40. The fourth-order valence-electron chi connectivity index (χ4n) is 2.84. The van der Waals surface area contributed by atoms with Crippen molar-refractivity contribution in [1.82, 2.24) is 19.5 Å². The van der Waals surface area contributed by atoms with Crippen LogP contribution in [-0.2, 0) is 11.2 Å². The van der Waals surface area contributed by atoms with Crippen molar-refractivity contribution in [3.05, 3.63) is 58.6 Å². The van der Waals surface area contributed by atoms with E-state index in [4.69, 9.17) is 21.2 Å². The minimum Gasteiger partial charge on any atom is -0.481 e. The van der Waals surface area contributed by atoms with E-state index >= 15 is 0 Å². The Morgan fingerprint density at radius 1 is 1.29 bits per heavy atom. The second-order valence-electron chi connectivity index (χ2n) is 6.34. The number of pyridine rings is 1. The number of fused-ring (bicyclic) bond motifs is 1. The summed E-state index contributed by atoms with van der Waals surface area (Å²) in [4.78, 5) is 19.4. The smallest absolute Gasteiger partial charge is 0.303 e. The molecule has 28 heavy (non-hydrogen) atoms. The molecule has 4 rings (SSSR count). The Balaban J connectivity index is 1.66. The molecule has 0 aliphatic rings. The van der Waals surface area contributed by atoms with Gasteiger partial charge < -0.3 is 14.0 Å². The molecular weight excluding hydrogens is 387 g/mol. The summed E-state index contributed by atoms with van der Waals surface area (Å²) < 4.78 is 21.4. The normalized spacial score (nSPS) is 11.2. The van der Waals surface area contributed by atoms with Crippen molar-refractivity contribution in [3.63, 3.8) is 0 Å². The number of hydrogen-bond donors (Lipinski definition) is 1. The van der Waals surface area contributed by atoms with Crippen LogP contribution in [0.3, 0.4) is 0 Å². The molecule has 0 saturated heterocycles. The molecule has 0 unspecified atom stereocenters. The summed E-state index contributed by atoms with van der Waals surface area (Å²) in [5.41, 5.74) is 2.77. The lowest BCUT2D eigenvalue weighted by molar-refractivity contribution is -0.136. The summed E-state index contributed by atoms with van der Waals surface area (Å²) in [5, 5.41) is 12.8. The molecule has 3 heterocycles. The summed E-state index contributed by atoms with van der Waals surface area (Å²) in [7, 11) is 0. The van der Waals surface area contributed by atoms with Crippen molar-refractivity contribution in [3.8, 4) is 23.0 Å². The molecule has 0 bridgehead atoms. The number of carboxylic acid groups (broad SMARTS) is 1. The summed E-state index contributed by atoms with van der Waals surface area (Å²) in [5.74, 6) is -1.28. The monoisotopic (exact) mass is 400 g/mol. The van der Waals surface area contributed by atoms with Gasteiger partial charge in [-0.15, -0.1) is 0 Å². The maximum absolute atomic E-state index is 14.3. The van der Waals surface area contributed by atoms with Crippen molar-refractivity contribution in [2.24, 2.45) is 0 Å². The van der Waals surface area contributed by atoms with Crippen LogP contribution in [0.4, 0.5) is 4.39 Å². The maximum Gasteiger partial charge on any atom is 0.303 e. The molecule has 1 aromatic carbocycles. The Bertz CT molecular complexity index is 1200. The van der Waals surface area contributed by atoms with E-state index in [0.29, 0.717) is 5.69 Å². The van der Waals surface area contributed by atoms with Gasteiger partial charge >= 0.3 is 5.97 Å². The molecule has 142 valence electrons. The van der Waals surface area contributed by atoms with Gasteiger partial charge in [-0.05, 0) is 42.7 Å². The van der Waals surface area contributed by atoms with Crippen LogP contribution >= 0.6 is 11.6 Å². The van der Waals surface area contributed by atoms with E-state index in [2.05, 4.69) is 15.1 Å². The molecule has 0 spiro atoms. The van der Waals surface area contributed by atoms with Gasteiger partial charge in [-0.1, -0.05) is 22.8 Å². The first-order valence-corrected chi connectivity index (χ1v) is 8.78. The molecule has 0 fully saturated rings. The second-order valence-corrected chi connectivity index (χ2v) is 6.75. The quantitative estimate of drug-likeness (QED) is 0.540. The van der Waals surface area contributed by atoms with Gasteiger partial charge in [-0.3, -0.25) is 4.79 Å². The highest BCUT2D eigenvalue weighted by atomic mass is 35.5. The van der Waals surface area contributed by atoms with Gasteiger partial charge in [-0.2, -0.15) is 4.98 Å². The van der Waals surface area contributed by atoms with Crippen LogP contribution in [0.25, 0.3) is 28.6 Å². The van der Waals surface area contributed by atoms with Gasteiger partial charge in [0.1, 0.15) is 17.2 Å². The van der Waals surface area contributed by atoms with Crippen molar-refractivity contribution >= 4 is 23.2 Å². The van der Waals surface area contributed by atoms with Gasteiger partial charge in [0.25, 0.3) is 5.89 Å². The van der Waals surface area contributed by atoms with Crippen LogP contribution in [0.2, 0.25) is 5.02 Å². The van der Waals surface area contributed by atoms with E-state index in [0.717, 1.165) is 11.2 Å². The largest absolute Gasteiger partial charge is 0.481 e. The summed E-state index contributed by atoms with van der Waals surface area (Å²) >= 11 is 6.23. The predicted octanol–water partition coefficient (Wildman–Crippen LogP) is 4.17. The molecule has 0 atom stereocenters. The van der Waals surface area contributed by atoms with Crippen molar-refractivity contribution in [2.45, 2.75) is 19.8 Å². The number of aromatic nitrogens is 4. The molecule has 0 radical (unpaired) electrons. The highest BCUT2D eigenvalue weighted by Gasteiger charge is 2.18. The van der Waals surface area contributed by atoms with Crippen LogP contribution in [0, 0.1) is 12.7 Å². The highest BCUT2D eigenvalue weighted by Crippen LogP contribution is 2.30. The lowest BCUT2D eigenvalue weighted by Crippen LogP contribution is -2.00. The summed E-state index contributed by atoms with van der Waals surface area (Å²) in [6.45, 7) is 1.97. The first kappa shape index (κ1) is 18.1. The van der Waals surface area contributed by atoms with E-state index < -0.39 is 11.8 Å². The Labute approximate surface area is 163 Å². The first-order chi connectivity index (χ1) is 13.4. The van der Waals surface area contributed by atoms with Gasteiger partial charge in [0, 0.05) is 24.4 Å². The number of rotatable bonds is 5. The van der Waals surface area contributed by atoms with Crippen LogP contribution in [0.15, 0.2) is 41.2 Å². The fraction of sp³-hybridized carbons (Fsp3) is 0.158. The minimum atomic E-state index is -1.01. The average molecular weight is 401 g/mol. The molecular formula is C19H14ClFN4O3. The number of benzene rings is 1. The van der Waals surface area contributed by atoms with Gasteiger partial charge in [0.2, 0.25) is 5.82 Å². The number of carboxylic acids is 1. The topological polar surface area (TPSA) is 93.5 Å². The molecule has 0 aliphatic heterocycles. The third-order valence-electron chi connectivity index (χ3n) is 4.23. The van der Waals surface area contributed by atoms with Gasteiger partial charge in [0.05, 0.1) is 5.02 Å². The van der Waals surface area contributed by atoms with Crippen molar-refractivity contribution < 1.29 is 18.8 Å². The van der Waals surface area contributed by atoms with Gasteiger partial charge in [-0.25, -0.2) is 9.37 Å². The number of carbonyl (C=O) groups is 1. The number of aryl methyl sites for hydroxylation is 2. The van der Waals surface area contributed by atoms with Crippen LogP contribution < -0.4 is 0 Å². The van der Waals surface area contributed by atoms with Crippen LogP contribution in [0.5, 0.6) is 0 Å². The Morgan fingerprint density at radius 2 is 2.11 bits per heavy atom. The van der Waals surface area contributed by atoms with E-state index in [9.17, 15) is 9.18 Å². The van der Waals surface area contributed by atoms with Gasteiger partial charge in [0.15, 0.2) is 0 Å². The zero-order chi connectivity index (χ0) is 19.8. The molecule has 3 aromatic heterocycles. The number of aliphatic carboxylic acids is 1. The summed E-state index contributed by atoms with van der Waals surface area (Å²) in [6.07, 6.45) is 3.54.